The van der Waals surface area contributed by atoms with Crippen LogP contribution >= 0.6 is 0 Å². The maximum absolute atomic E-state index is 10.7. The zero-order valence-corrected chi connectivity index (χ0v) is 12.3. The Kier molecular flexibility index (Phi) is 5.10. The van der Waals surface area contributed by atoms with Crippen LogP contribution in [-0.2, 0) is 0 Å². The second-order valence-corrected chi connectivity index (χ2v) is 4.79. The highest BCUT2D eigenvalue weighted by Crippen LogP contribution is 2.23. The summed E-state index contributed by atoms with van der Waals surface area (Å²) in [5.74, 6) is 0. The highest BCUT2D eigenvalue weighted by Gasteiger charge is 2.11. The van der Waals surface area contributed by atoms with Gasteiger partial charge in [-0.15, -0.1) is 0 Å². The number of non-ortho nitro benzene ring substituents is 1. The topological polar surface area (TPSA) is 84.4 Å². The van der Waals surface area contributed by atoms with Gasteiger partial charge >= 0.3 is 0 Å². The Hall–Kier alpha value is -2.15. The largest absolute Gasteiger partial charge is 0.423 e. The first-order valence-corrected chi connectivity index (χ1v) is 7.15. The molecule has 21 heavy (non-hydrogen) atoms. The average molecular weight is 292 g/mol. The summed E-state index contributed by atoms with van der Waals surface area (Å²) >= 11 is 0. The number of rotatable bonds is 8. The molecule has 0 aliphatic heterocycles. The van der Waals surface area contributed by atoms with Crippen molar-refractivity contribution >= 4 is 22.8 Å². The summed E-state index contributed by atoms with van der Waals surface area (Å²) in [6.07, 6.45) is 1.13. The molecule has 1 N–H and O–H groups in total. The van der Waals surface area contributed by atoms with Crippen LogP contribution in [0.1, 0.15) is 20.3 Å². The van der Waals surface area contributed by atoms with E-state index in [2.05, 4.69) is 29.0 Å². The summed E-state index contributed by atoms with van der Waals surface area (Å²) in [7, 11) is 0. The van der Waals surface area contributed by atoms with Gasteiger partial charge in [-0.1, -0.05) is 13.8 Å². The number of oxazole rings is 1. The van der Waals surface area contributed by atoms with Gasteiger partial charge < -0.3 is 14.6 Å². The molecule has 0 unspecified atom stereocenters. The van der Waals surface area contributed by atoms with E-state index in [0.717, 1.165) is 32.6 Å². The van der Waals surface area contributed by atoms with E-state index in [1.807, 2.05) is 0 Å². The third-order valence-electron chi connectivity index (χ3n) is 3.27. The standard InChI is InChI=1S/C14H20N4O3/c1-3-8-17(4-2)9-7-15-14-16-12-6-5-11(18(19)20)10-13(12)21-14/h5-6,10H,3-4,7-9H2,1-2H3,(H,15,16). The van der Waals surface area contributed by atoms with E-state index in [1.165, 1.54) is 12.1 Å². The molecule has 1 aromatic carbocycles. The Labute approximate surface area is 123 Å². The number of nitrogens with one attached hydrogen (secondary N) is 1. The van der Waals surface area contributed by atoms with Crippen molar-refractivity contribution in [2.45, 2.75) is 20.3 Å². The summed E-state index contributed by atoms with van der Waals surface area (Å²) in [5, 5.41) is 13.8. The van der Waals surface area contributed by atoms with Gasteiger partial charge in [0.25, 0.3) is 11.7 Å². The number of nitro groups is 1. The Morgan fingerprint density at radius 3 is 2.86 bits per heavy atom. The first-order valence-electron chi connectivity index (χ1n) is 7.15. The van der Waals surface area contributed by atoms with Crippen molar-refractivity contribution in [1.29, 1.82) is 0 Å². The molecule has 0 fully saturated rings. The molecule has 0 atom stereocenters. The van der Waals surface area contributed by atoms with E-state index < -0.39 is 4.92 Å². The van der Waals surface area contributed by atoms with E-state index in [9.17, 15) is 10.1 Å². The SMILES string of the molecule is CCCN(CC)CCNc1nc2ccc([N+](=O)[O-])cc2o1. The quantitative estimate of drug-likeness (QED) is 0.595. The highest BCUT2D eigenvalue weighted by molar-refractivity contribution is 5.77. The number of hydrogen-bond acceptors (Lipinski definition) is 6. The lowest BCUT2D eigenvalue weighted by Gasteiger charge is -2.18. The smallest absolute Gasteiger partial charge is 0.295 e. The van der Waals surface area contributed by atoms with Crippen LogP contribution in [0.15, 0.2) is 22.6 Å². The number of aromatic nitrogens is 1. The summed E-state index contributed by atoms with van der Waals surface area (Å²) < 4.78 is 5.49. The summed E-state index contributed by atoms with van der Waals surface area (Å²) in [4.78, 5) is 16.9. The molecule has 0 bridgehead atoms. The fourth-order valence-corrected chi connectivity index (χ4v) is 2.17. The molecule has 0 spiro atoms. The van der Waals surface area contributed by atoms with Crippen LogP contribution in [-0.4, -0.2) is 41.0 Å². The van der Waals surface area contributed by atoms with E-state index >= 15 is 0 Å². The minimum Gasteiger partial charge on any atom is -0.423 e. The Morgan fingerprint density at radius 1 is 1.38 bits per heavy atom. The molecule has 0 radical (unpaired) electrons. The number of benzene rings is 1. The van der Waals surface area contributed by atoms with Crippen LogP contribution in [0, 0.1) is 10.1 Å². The van der Waals surface area contributed by atoms with Crippen molar-refractivity contribution in [3.63, 3.8) is 0 Å². The molecule has 0 aliphatic carbocycles. The van der Waals surface area contributed by atoms with Gasteiger partial charge in [-0.25, -0.2) is 0 Å². The number of fused-ring (bicyclic) bond motifs is 1. The normalized spacial score (nSPS) is 11.2. The molecular formula is C14H20N4O3. The number of nitrogens with zero attached hydrogens (tertiary/aromatic N) is 3. The molecule has 0 saturated carbocycles. The second kappa shape index (κ2) is 7.03. The van der Waals surface area contributed by atoms with Crippen LogP contribution in [0.3, 0.4) is 0 Å². The van der Waals surface area contributed by atoms with E-state index in [-0.39, 0.29) is 5.69 Å². The predicted octanol–water partition coefficient (Wildman–Crippen LogP) is 2.88. The van der Waals surface area contributed by atoms with Gasteiger partial charge in [-0.05, 0) is 25.6 Å². The molecule has 0 aliphatic rings. The van der Waals surface area contributed by atoms with Crippen molar-refractivity contribution in [3.8, 4) is 0 Å². The minimum absolute atomic E-state index is 0.00491. The minimum atomic E-state index is -0.446. The van der Waals surface area contributed by atoms with Crippen LogP contribution in [0.25, 0.3) is 11.1 Å². The van der Waals surface area contributed by atoms with Gasteiger partial charge in [-0.3, -0.25) is 10.1 Å². The zero-order chi connectivity index (χ0) is 15.2. The van der Waals surface area contributed by atoms with Crippen molar-refractivity contribution < 1.29 is 9.34 Å². The summed E-state index contributed by atoms with van der Waals surface area (Å²) in [5.41, 5.74) is 1.04. The Balaban J connectivity index is 1.98. The number of likely N-dealkylation sites (N-methyl/N-ethyl adjacent to an activating group) is 1. The molecule has 114 valence electrons. The lowest BCUT2D eigenvalue weighted by molar-refractivity contribution is -0.384. The predicted molar refractivity (Wildman–Crippen MR) is 81.6 cm³/mol. The van der Waals surface area contributed by atoms with Crippen LogP contribution in [0.5, 0.6) is 0 Å². The first-order chi connectivity index (χ1) is 10.1. The molecule has 2 aromatic rings. The number of anilines is 1. The van der Waals surface area contributed by atoms with E-state index in [4.69, 9.17) is 4.42 Å². The molecule has 0 amide bonds. The molecule has 7 heteroatoms. The number of nitro benzene ring substituents is 1. The van der Waals surface area contributed by atoms with Gasteiger partial charge in [0.15, 0.2) is 5.58 Å². The van der Waals surface area contributed by atoms with Gasteiger partial charge in [0.2, 0.25) is 0 Å². The van der Waals surface area contributed by atoms with E-state index in [1.54, 1.807) is 6.07 Å². The Morgan fingerprint density at radius 2 is 2.19 bits per heavy atom. The second-order valence-electron chi connectivity index (χ2n) is 4.79. The molecule has 0 saturated heterocycles. The lowest BCUT2D eigenvalue weighted by Crippen LogP contribution is -2.29. The maximum Gasteiger partial charge on any atom is 0.295 e. The molecule has 1 heterocycles. The summed E-state index contributed by atoms with van der Waals surface area (Å²) in [6, 6.07) is 4.81. The fourth-order valence-electron chi connectivity index (χ4n) is 2.17. The molecule has 7 nitrogen and oxygen atoms in total. The third-order valence-corrected chi connectivity index (χ3v) is 3.27. The van der Waals surface area contributed by atoms with Crippen molar-refractivity contribution in [3.05, 3.63) is 28.3 Å². The maximum atomic E-state index is 10.7. The van der Waals surface area contributed by atoms with Gasteiger partial charge in [0.05, 0.1) is 11.0 Å². The van der Waals surface area contributed by atoms with Crippen LogP contribution in [0.2, 0.25) is 0 Å². The van der Waals surface area contributed by atoms with Gasteiger partial charge in [0, 0.05) is 19.2 Å². The monoisotopic (exact) mass is 292 g/mol. The van der Waals surface area contributed by atoms with Crippen molar-refractivity contribution in [2.24, 2.45) is 0 Å². The van der Waals surface area contributed by atoms with E-state index in [0.29, 0.717) is 17.1 Å². The van der Waals surface area contributed by atoms with Crippen LogP contribution < -0.4 is 5.32 Å². The summed E-state index contributed by atoms with van der Waals surface area (Å²) in [6.45, 7) is 8.00. The van der Waals surface area contributed by atoms with Gasteiger partial charge in [-0.2, -0.15) is 4.98 Å². The lowest BCUT2D eigenvalue weighted by atomic mass is 10.3. The number of hydrogen-bond donors (Lipinski definition) is 1. The Bertz CT molecular complexity index is 611. The van der Waals surface area contributed by atoms with Crippen LogP contribution in [0.4, 0.5) is 11.7 Å². The molecular weight excluding hydrogens is 272 g/mol. The zero-order valence-electron chi connectivity index (χ0n) is 12.3. The fraction of sp³-hybridized carbons (Fsp3) is 0.500. The molecule has 1 aromatic heterocycles. The highest BCUT2D eigenvalue weighted by atomic mass is 16.6. The average Bonchev–Trinajstić information content (AvgIpc) is 2.87. The van der Waals surface area contributed by atoms with Crippen molar-refractivity contribution in [2.75, 3.05) is 31.5 Å². The third kappa shape index (κ3) is 3.91. The first kappa shape index (κ1) is 15.2. The van der Waals surface area contributed by atoms with Crippen molar-refractivity contribution in [1.82, 2.24) is 9.88 Å². The molecule has 2 rings (SSSR count). The van der Waals surface area contributed by atoms with Gasteiger partial charge in [0.1, 0.15) is 5.52 Å².